The number of nitrogens with one attached hydrogen (secondary N) is 1. The number of carbonyl (C=O) groups excluding carboxylic acids is 1. The number of anilines is 1. The van der Waals surface area contributed by atoms with Crippen LogP contribution in [-0.4, -0.2) is 21.1 Å². The molecule has 0 saturated heterocycles. The number of pyridine rings is 1. The molecule has 1 N–H and O–H groups in total. The summed E-state index contributed by atoms with van der Waals surface area (Å²) in [6, 6.07) is 11.1. The number of halogens is 1. The van der Waals surface area contributed by atoms with Crippen LogP contribution in [0.2, 0.25) is 5.02 Å². The van der Waals surface area contributed by atoms with Crippen LogP contribution in [0.4, 0.5) is 5.13 Å². The minimum Gasteiger partial charge on any atom is -0.296 e. The second-order valence-corrected chi connectivity index (χ2v) is 8.53. The molecule has 0 saturated carbocycles. The highest BCUT2D eigenvalue weighted by Crippen LogP contribution is 2.36. The van der Waals surface area contributed by atoms with Crippen molar-refractivity contribution in [1.29, 1.82) is 0 Å². The van der Waals surface area contributed by atoms with Crippen LogP contribution in [0.1, 0.15) is 9.67 Å². The Balaban J connectivity index is 1.54. The average molecular weight is 405 g/mol. The molecule has 0 spiro atoms. The van der Waals surface area contributed by atoms with Crippen LogP contribution in [0.3, 0.4) is 0 Å². The first-order chi connectivity index (χ1) is 12.2. The number of fused-ring (bicyclic) bond motifs is 1. The van der Waals surface area contributed by atoms with Crippen LogP contribution < -0.4 is 5.32 Å². The third kappa shape index (κ3) is 3.67. The van der Waals surface area contributed by atoms with Crippen molar-refractivity contribution in [2.45, 2.75) is 9.24 Å². The summed E-state index contributed by atoms with van der Waals surface area (Å²) in [5, 5.41) is 14.9. The van der Waals surface area contributed by atoms with Gasteiger partial charge in [-0.05, 0) is 29.6 Å². The number of thiophene rings is 1. The van der Waals surface area contributed by atoms with Crippen LogP contribution in [-0.2, 0) is 0 Å². The van der Waals surface area contributed by atoms with Crippen molar-refractivity contribution in [3.05, 3.63) is 57.9 Å². The highest BCUT2D eigenvalue weighted by molar-refractivity contribution is 8.01. The fraction of sp³-hybridized carbons (Fsp3) is 0. The maximum atomic E-state index is 12.1. The lowest BCUT2D eigenvalue weighted by atomic mass is 10.2. The Kier molecular flexibility index (Phi) is 4.67. The topological polar surface area (TPSA) is 67.8 Å². The van der Waals surface area contributed by atoms with Gasteiger partial charge in [0.05, 0.1) is 10.4 Å². The van der Waals surface area contributed by atoms with E-state index in [1.54, 1.807) is 12.3 Å². The quantitative estimate of drug-likeness (QED) is 0.473. The first-order valence-corrected chi connectivity index (χ1v) is 9.98. The molecule has 124 valence electrons. The Hall–Kier alpha value is -2.00. The van der Waals surface area contributed by atoms with E-state index in [1.807, 2.05) is 35.7 Å². The highest BCUT2D eigenvalue weighted by Gasteiger charge is 2.13. The van der Waals surface area contributed by atoms with Crippen molar-refractivity contribution in [2.24, 2.45) is 0 Å². The van der Waals surface area contributed by atoms with Crippen molar-refractivity contribution in [3.63, 3.8) is 0 Å². The molecule has 25 heavy (non-hydrogen) atoms. The second-order valence-electron chi connectivity index (χ2n) is 4.88. The van der Waals surface area contributed by atoms with Gasteiger partial charge in [0.15, 0.2) is 4.34 Å². The van der Waals surface area contributed by atoms with E-state index in [1.165, 1.54) is 34.4 Å². The van der Waals surface area contributed by atoms with Gasteiger partial charge in [-0.15, -0.1) is 21.5 Å². The molecule has 0 bridgehead atoms. The number of benzene rings is 1. The van der Waals surface area contributed by atoms with Gasteiger partial charge in [0, 0.05) is 21.5 Å². The Morgan fingerprint density at radius 2 is 2.12 bits per heavy atom. The summed E-state index contributed by atoms with van der Waals surface area (Å²) in [5.74, 6) is -0.174. The maximum Gasteiger partial charge on any atom is 0.267 e. The number of hydrogen-bond acceptors (Lipinski definition) is 7. The first-order valence-electron chi connectivity index (χ1n) is 7.09. The van der Waals surface area contributed by atoms with Crippen molar-refractivity contribution in [3.8, 4) is 0 Å². The van der Waals surface area contributed by atoms with Gasteiger partial charge in [-0.25, -0.2) is 0 Å². The van der Waals surface area contributed by atoms with E-state index in [2.05, 4.69) is 20.5 Å². The van der Waals surface area contributed by atoms with Crippen molar-refractivity contribution in [2.75, 3.05) is 5.32 Å². The van der Waals surface area contributed by atoms with Crippen molar-refractivity contribution in [1.82, 2.24) is 15.2 Å². The van der Waals surface area contributed by atoms with Crippen LogP contribution in [0, 0.1) is 0 Å². The smallest absolute Gasteiger partial charge is 0.267 e. The Labute approximate surface area is 160 Å². The van der Waals surface area contributed by atoms with Crippen molar-refractivity contribution < 1.29 is 4.79 Å². The molecule has 0 aliphatic rings. The lowest BCUT2D eigenvalue weighted by molar-refractivity contribution is 0.103. The predicted molar refractivity (Wildman–Crippen MR) is 103 cm³/mol. The summed E-state index contributed by atoms with van der Waals surface area (Å²) in [4.78, 5) is 18.0. The molecule has 1 amide bonds. The van der Waals surface area contributed by atoms with E-state index in [0.717, 1.165) is 20.1 Å². The zero-order valence-corrected chi connectivity index (χ0v) is 15.7. The molecule has 0 unspecified atom stereocenters. The number of carbonyl (C=O) groups is 1. The summed E-state index contributed by atoms with van der Waals surface area (Å²) >= 11 is 10.2. The van der Waals surface area contributed by atoms with Gasteiger partial charge in [0.2, 0.25) is 5.13 Å². The van der Waals surface area contributed by atoms with Gasteiger partial charge in [0.1, 0.15) is 0 Å². The summed E-state index contributed by atoms with van der Waals surface area (Å²) in [6.45, 7) is 0. The normalized spacial score (nSPS) is 10.9. The first kappa shape index (κ1) is 16.5. The van der Waals surface area contributed by atoms with Gasteiger partial charge < -0.3 is 0 Å². The molecule has 4 aromatic rings. The second kappa shape index (κ2) is 7.09. The minimum absolute atomic E-state index is 0.174. The molecule has 3 heterocycles. The molecule has 1 aromatic carbocycles. The molecule has 5 nitrogen and oxygen atoms in total. The molecule has 0 radical (unpaired) electrons. The molecule has 3 aromatic heterocycles. The maximum absolute atomic E-state index is 12.1. The Morgan fingerprint density at radius 1 is 1.20 bits per heavy atom. The summed E-state index contributed by atoms with van der Waals surface area (Å²) in [7, 11) is 0. The monoisotopic (exact) mass is 404 g/mol. The van der Waals surface area contributed by atoms with Gasteiger partial charge in [-0.1, -0.05) is 46.8 Å². The molecular formula is C16H9ClN4OS3. The SMILES string of the molecule is O=C(Nc1nnc(Sc2ccnc3cc(Cl)ccc23)s1)c1cccs1. The summed E-state index contributed by atoms with van der Waals surface area (Å²) < 4.78 is 0.740. The Morgan fingerprint density at radius 3 is 2.96 bits per heavy atom. The van der Waals surface area contributed by atoms with E-state index in [4.69, 9.17) is 11.6 Å². The zero-order valence-electron chi connectivity index (χ0n) is 12.5. The summed E-state index contributed by atoms with van der Waals surface area (Å²) in [6.07, 6.45) is 1.74. The average Bonchev–Trinajstić information content (AvgIpc) is 3.27. The summed E-state index contributed by atoms with van der Waals surface area (Å²) in [5.41, 5.74) is 0.827. The standard InChI is InChI=1S/C16H9ClN4OS3/c17-9-3-4-10-11(8-9)18-6-5-12(10)24-16-21-20-15(25-16)19-14(22)13-2-1-7-23-13/h1-8H,(H,19,20,22). The predicted octanol–water partition coefficient (Wildman–Crippen LogP) is 5.20. The van der Waals surface area contributed by atoms with E-state index in [9.17, 15) is 4.79 Å². The van der Waals surface area contributed by atoms with Gasteiger partial charge in [-0.2, -0.15) is 0 Å². The molecule has 0 fully saturated rings. The fourth-order valence-corrected chi connectivity index (χ4v) is 4.76. The van der Waals surface area contributed by atoms with Crippen LogP contribution >= 0.6 is 46.0 Å². The minimum atomic E-state index is -0.174. The zero-order chi connectivity index (χ0) is 17.2. The van der Waals surface area contributed by atoms with E-state index in [0.29, 0.717) is 15.0 Å². The molecule has 0 aliphatic carbocycles. The van der Waals surface area contributed by atoms with Crippen LogP contribution in [0.15, 0.2) is 57.2 Å². The highest BCUT2D eigenvalue weighted by atomic mass is 35.5. The van der Waals surface area contributed by atoms with E-state index in [-0.39, 0.29) is 5.91 Å². The molecule has 0 aliphatic heterocycles. The molecule has 0 atom stereocenters. The van der Waals surface area contributed by atoms with Gasteiger partial charge in [-0.3, -0.25) is 15.1 Å². The number of hydrogen-bond donors (Lipinski definition) is 1. The molecule has 9 heteroatoms. The lowest BCUT2D eigenvalue weighted by Gasteiger charge is -2.03. The number of rotatable bonds is 4. The Bertz CT molecular complexity index is 1050. The number of aromatic nitrogens is 3. The van der Waals surface area contributed by atoms with E-state index >= 15 is 0 Å². The van der Waals surface area contributed by atoms with Gasteiger partial charge >= 0.3 is 0 Å². The van der Waals surface area contributed by atoms with Gasteiger partial charge in [0.25, 0.3) is 5.91 Å². The molecular weight excluding hydrogens is 396 g/mol. The largest absolute Gasteiger partial charge is 0.296 e. The van der Waals surface area contributed by atoms with E-state index < -0.39 is 0 Å². The van der Waals surface area contributed by atoms with Crippen LogP contribution in [0.5, 0.6) is 0 Å². The lowest BCUT2D eigenvalue weighted by Crippen LogP contribution is -2.09. The fourth-order valence-electron chi connectivity index (χ4n) is 2.15. The van der Waals surface area contributed by atoms with Crippen molar-refractivity contribution >= 4 is 68.0 Å². The molecule has 4 rings (SSSR count). The number of amides is 1. The third-order valence-corrected chi connectivity index (χ3v) is 6.30. The number of nitrogens with zero attached hydrogens (tertiary/aromatic N) is 3. The van der Waals surface area contributed by atoms with Crippen LogP contribution in [0.25, 0.3) is 10.9 Å². The third-order valence-electron chi connectivity index (χ3n) is 3.23.